The van der Waals surface area contributed by atoms with Crippen molar-refractivity contribution in [1.82, 2.24) is 0 Å². The number of unbranched alkanes of at least 4 members (excludes halogenated alkanes) is 31. The summed E-state index contributed by atoms with van der Waals surface area (Å²) in [7, 11) is 0. The van der Waals surface area contributed by atoms with Gasteiger partial charge >= 0.3 is 17.9 Å². The fourth-order valence-corrected chi connectivity index (χ4v) is 8.63. The van der Waals surface area contributed by atoms with Crippen molar-refractivity contribution in [3.05, 3.63) is 85.1 Å². The third-order valence-electron chi connectivity index (χ3n) is 13.3. The van der Waals surface area contributed by atoms with E-state index in [1.807, 2.05) is 0 Å². The van der Waals surface area contributed by atoms with Crippen molar-refractivity contribution in [1.29, 1.82) is 0 Å². The zero-order valence-corrected chi connectivity index (χ0v) is 48.1. The van der Waals surface area contributed by atoms with Gasteiger partial charge in [-0.25, -0.2) is 0 Å². The maximum atomic E-state index is 12.9. The molecule has 0 saturated heterocycles. The van der Waals surface area contributed by atoms with E-state index in [9.17, 15) is 14.4 Å². The number of rotatable bonds is 56. The molecule has 0 N–H and O–H groups in total. The van der Waals surface area contributed by atoms with Crippen LogP contribution in [0.4, 0.5) is 0 Å². The number of esters is 3. The number of allylic oxidation sites excluding steroid dienone is 14. The molecule has 0 fully saturated rings. The van der Waals surface area contributed by atoms with Crippen LogP contribution >= 0.6 is 0 Å². The fraction of sp³-hybridized carbons (Fsp3) is 0.746. The van der Waals surface area contributed by atoms with E-state index in [0.717, 1.165) is 109 Å². The molecule has 6 heteroatoms. The predicted molar refractivity (Wildman–Crippen MR) is 316 cm³/mol. The maximum Gasteiger partial charge on any atom is 0.306 e. The summed E-state index contributed by atoms with van der Waals surface area (Å²) in [5.41, 5.74) is 0. The van der Waals surface area contributed by atoms with E-state index in [0.29, 0.717) is 19.3 Å². The first-order chi connectivity index (χ1) is 36.0. The average molecular weight is 1020 g/mol. The van der Waals surface area contributed by atoms with E-state index in [1.165, 1.54) is 154 Å². The largest absolute Gasteiger partial charge is 0.462 e. The van der Waals surface area contributed by atoms with Gasteiger partial charge in [-0.15, -0.1) is 0 Å². The van der Waals surface area contributed by atoms with Crippen LogP contribution in [0.25, 0.3) is 0 Å². The van der Waals surface area contributed by atoms with Gasteiger partial charge in [0.15, 0.2) is 6.10 Å². The Kier molecular flexibility index (Phi) is 58.3. The molecule has 0 spiro atoms. The second kappa shape index (κ2) is 61.1. The minimum atomic E-state index is -0.792. The molecule has 0 aromatic rings. The Balaban J connectivity index is 4.38. The lowest BCUT2D eigenvalue weighted by Gasteiger charge is -2.18. The van der Waals surface area contributed by atoms with Crippen molar-refractivity contribution in [2.45, 2.75) is 309 Å². The Morgan fingerprint density at radius 2 is 0.493 bits per heavy atom. The van der Waals surface area contributed by atoms with Crippen LogP contribution in [0.15, 0.2) is 85.1 Å². The van der Waals surface area contributed by atoms with Gasteiger partial charge in [0.05, 0.1) is 0 Å². The highest BCUT2D eigenvalue weighted by Crippen LogP contribution is 2.15. The normalized spacial score (nSPS) is 12.6. The molecule has 0 radical (unpaired) electrons. The number of carbonyl (C=O) groups excluding carboxylic acids is 3. The number of ether oxygens (including phenoxy) is 3. The number of hydrogen-bond donors (Lipinski definition) is 0. The lowest BCUT2D eigenvalue weighted by molar-refractivity contribution is -0.167. The van der Waals surface area contributed by atoms with Crippen LogP contribution in [0.1, 0.15) is 303 Å². The first kappa shape index (κ1) is 69.6. The zero-order valence-electron chi connectivity index (χ0n) is 48.1. The molecule has 0 amide bonds. The van der Waals surface area contributed by atoms with Crippen LogP contribution in [0, 0.1) is 0 Å². The van der Waals surface area contributed by atoms with Gasteiger partial charge in [-0.3, -0.25) is 14.4 Å². The number of carbonyl (C=O) groups is 3. The molecule has 0 aromatic heterocycles. The first-order valence-corrected chi connectivity index (χ1v) is 31.1. The fourth-order valence-electron chi connectivity index (χ4n) is 8.63. The van der Waals surface area contributed by atoms with Gasteiger partial charge in [-0.1, -0.05) is 247 Å². The molecule has 1 unspecified atom stereocenters. The highest BCUT2D eigenvalue weighted by atomic mass is 16.6. The predicted octanol–water partition coefficient (Wildman–Crippen LogP) is 21.1. The third-order valence-corrected chi connectivity index (χ3v) is 13.3. The molecule has 0 aliphatic carbocycles. The number of hydrogen-bond acceptors (Lipinski definition) is 6. The zero-order chi connectivity index (χ0) is 52.9. The summed E-state index contributed by atoms with van der Waals surface area (Å²) in [6.07, 6.45) is 80.0. The molecule has 6 nitrogen and oxygen atoms in total. The molecular weight excluding hydrogens is 901 g/mol. The van der Waals surface area contributed by atoms with Gasteiger partial charge in [0.25, 0.3) is 0 Å². The van der Waals surface area contributed by atoms with Crippen molar-refractivity contribution in [3.63, 3.8) is 0 Å². The molecule has 420 valence electrons. The monoisotopic (exact) mass is 1020 g/mol. The smallest absolute Gasteiger partial charge is 0.306 e. The van der Waals surface area contributed by atoms with Crippen LogP contribution in [-0.4, -0.2) is 37.2 Å². The molecular formula is C67H116O6. The summed E-state index contributed by atoms with van der Waals surface area (Å²) in [6.45, 7) is 6.58. The topological polar surface area (TPSA) is 78.9 Å². The Bertz CT molecular complexity index is 1400. The van der Waals surface area contributed by atoms with Gasteiger partial charge < -0.3 is 14.2 Å². The Morgan fingerprint density at radius 1 is 0.274 bits per heavy atom. The molecule has 73 heavy (non-hydrogen) atoms. The average Bonchev–Trinajstić information content (AvgIpc) is 3.39. The molecule has 0 aliphatic heterocycles. The van der Waals surface area contributed by atoms with Crippen LogP contribution in [0.2, 0.25) is 0 Å². The second-order valence-corrected chi connectivity index (χ2v) is 20.6. The van der Waals surface area contributed by atoms with Crippen LogP contribution in [0.3, 0.4) is 0 Å². The van der Waals surface area contributed by atoms with E-state index in [4.69, 9.17) is 14.2 Å². The quantitative estimate of drug-likeness (QED) is 0.0261. The van der Waals surface area contributed by atoms with Crippen molar-refractivity contribution >= 4 is 17.9 Å². The molecule has 0 aliphatic rings. The minimum absolute atomic E-state index is 0.0881. The van der Waals surface area contributed by atoms with Crippen LogP contribution in [0.5, 0.6) is 0 Å². The summed E-state index contributed by atoms with van der Waals surface area (Å²) < 4.78 is 16.9. The van der Waals surface area contributed by atoms with E-state index in [1.54, 1.807) is 0 Å². The van der Waals surface area contributed by atoms with E-state index < -0.39 is 6.10 Å². The summed E-state index contributed by atoms with van der Waals surface area (Å²) in [5.74, 6) is -0.908. The SMILES string of the molecule is CCCCC/C=C\C/C=C\C/C=C\CCCCCCCCC(=O)OC(COC(=O)CCCCCCC/C=C\CCCCCC)COC(=O)CCCCCCCCCC/C=C\C/C=C\C/C=C\CCCCCCC. The molecule has 0 rings (SSSR count). The molecule has 0 bridgehead atoms. The van der Waals surface area contributed by atoms with E-state index >= 15 is 0 Å². The van der Waals surface area contributed by atoms with Gasteiger partial charge in [0.1, 0.15) is 13.2 Å². The van der Waals surface area contributed by atoms with Gasteiger partial charge in [0.2, 0.25) is 0 Å². The van der Waals surface area contributed by atoms with E-state index in [-0.39, 0.29) is 31.1 Å². The van der Waals surface area contributed by atoms with Crippen LogP contribution < -0.4 is 0 Å². The standard InChI is InChI=1S/C67H116O6/c1-4-7-10-13-16-19-22-25-27-29-31-32-33-34-36-37-39-42-45-48-51-54-57-60-66(69)72-63-64(62-71-65(68)59-56-53-50-47-44-41-24-21-18-15-12-9-6-3)73-67(70)61-58-55-52-49-46-43-40-38-35-30-28-26-23-20-17-14-11-8-5-2/h17,20-22,24-26,28-29,31,33-35,38,64H,4-16,18-19,23,27,30,32,36-37,39-63H2,1-3H3/b20-17-,24-21-,25-22-,28-26-,31-29-,34-33-,38-35-. The van der Waals surface area contributed by atoms with E-state index in [2.05, 4.69) is 106 Å². The minimum Gasteiger partial charge on any atom is -0.462 e. The maximum absolute atomic E-state index is 12.9. The third kappa shape index (κ3) is 59.3. The highest BCUT2D eigenvalue weighted by Gasteiger charge is 2.19. The highest BCUT2D eigenvalue weighted by molar-refractivity contribution is 5.71. The molecule has 0 saturated carbocycles. The Morgan fingerprint density at radius 3 is 0.822 bits per heavy atom. The Labute approximate surface area is 452 Å². The van der Waals surface area contributed by atoms with Gasteiger partial charge in [-0.05, 0) is 122 Å². The summed E-state index contributed by atoms with van der Waals surface area (Å²) >= 11 is 0. The van der Waals surface area contributed by atoms with Crippen LogP contribution in [-0.2, 0) is 28.6 Å². The van der Waals surface area contributed by atoms with Crippen molar-refractivity contribution in [3.8, 4) is 0 Å². The first-order valence-electron chi connectivity index (χ1n) is 31.1. The van der Waals surface area contributed by atoms with Crippen molar-refractivity contribution in [2.75, 3.05) is 13.2 Å². The molecule has 0 heterocycles. The Hall–Kier alpha value is -3.41. The molecule has 0 aromatic carbocycles. The summed E-state index contributed by atoms with van der Waals surface area (Å²) in [4.78, 5) is 38.3. The lowest BCUT2D eigenvalue weighted by atomic mass is 10.1. The summed E-state index contributed by atoms with van der Waals surface area (Å²) in [5, 5.41) is 0. The van der Waals surface area contributed by atoms with Crippen molar-refractivity contribution < 1.29 is 28.6 Å². The summed E-state index contributed by atoms with van der Waals surface area (Å²) in [6, 6.07) is 0. The lowest BCUT2D eigenvalue weighted by Crippen LogP contribution is -2.30. The van der Waals surface area contributed by atoms with Gasteiger partial charge in [-0.2, -0.15) is 0 Å². The molecule has 1 atom stereocenters. The second-order valence-electron chi connectivity index (χ2n) is 20.6. The van der Waals surface area contributed by atoms with Crippen molar-refractivity contribution in [2.24, 2.45) is 0 Å². The van der Waals surface area contributed by atoms with Gasteiger partial charge in [0, 0.05) is 19.3 Å².